The highest BCUT2D eigenvalue weighted by molar-refractivity contribution is 7.91. The molecule has 0 radical (unpaired) electrons. The van der Waals surface area contributed by atoms with Gasteiger partial charge < -0.3 is 15.0 Å². The summed E-state index contributed by atoms with van der Waals surface area (Å²) in [4.78, 5) is 18.8. The second-order valence-electron chi connectivity index (χ2n) is 6.93. The fraction of sp³-hybridized carbons (Fsp3) is 0.600. The molecule has 0 aromatic heterocycles. The molecule has 0 bridgehead atoms. The molecule has 1 aromatic rings. The molecular weight excluding hydrogens is 378 g/mol. The topological polar surface area (TPSA) is 88.1 Å². The number of guanidine groups is 1. The molecule has 1 aliphatic heterocycles. The number of aliphatic imine (C=N–C) groups is 1. The molecule has 1 saturated heterocycles. The number of benzene rings is 1. The quantitative estimate of drug-likeness (QED) is 0.421. The lowest BCUT2D eigenvalue weighted by Crippen LogP contribution is -2.52. The van der Waals surface area contributed by atoms with Crippen LogP contribution in [0.4, 0.5) is 0 Å². The summed E-state index contributed by atoms with van der Waals surface area (Å²) in [6.07, 6.45) is 2.30. The lowest BCUT2D eigenvalue weighted by molar-refractivity contribution is -0.149. The van der Waals surface area contributed by atoms with E-state index in [0.717, 1.165) is 19.4 Å². The van der Waals surface area contributed by atoms with Gasteiger partial charge in [-0.15, -0.1) is 0 Å². The molecule has 2 unspecified atom stereocenters. The molecule has 0 aliphatic carbocycles. The van der Waals surface area contributed by atoms with E-state index in [1.165, 1.54) is 0 Å². The number of hydrogen-bond acceptors (Lipinski definition) is 5. The van der Waals surface area contributed by atoms with Crippen LogP contribution in [-0.4, -0.2) is 63.8 Å². The van der Waals surface area contributed by atoms with Crippen molar-refractivity contribution in [2.45, 2.75) is 44.0 Å². The first kappa shape index (κ1) is 22.2. The number of likely N-dealkylation sites (tertiary alicyclic amines) is 1. The molecule has 2 rings (SSSR count). The van der Waals surface area contributed by atoms with E-state index in [-0.39, 0.29) is 23.7 Å². The zero-order valence-corrected chi connectivity index (χ0v) is 17.7. The number of esters is 1. The number of nitrogens with one attached hydrogen (secondary N) is 1. The molecular formula is C20H31N3O4S. The van der Waals surface area contributed by atoms with Crippen LogP contribution in [0, 0.1) is 5.92 Å². The summed E-state index contributed by atoms with van der Waals surface area (Å²) in [7, 11) is -1.72. The minimum absolute atomic E-state index is 0.0122. The lowest BCUT2D eigenvalue weighted by atomic mass is 9.98. The van der Waals surface area contributed by atoms with Gasteiger partial charge in [-0.05, 0) is 38.3 Å². The van der Waals surface area contributed by atoms with E-state index < -0.39 is 9.84 Å². The number of hydrogen-bond donors (Lipinski definition) is 1. The van der Waals surface area contributed by atoms with Gasteiger partial charge >= 0.3 is 5.97 Å². The number of ether oxygens (including phenoxy) is 1. The van der Waals surface area contributed by atoms with E-state index in [2.05, 4.69) is 10.3 Å². The van der Waals surface area contributed by atoms with E-state index in [0.29, 0.717) is 30.4 Å². The Bertz CT molecular complexity index is 765. The molecule has 1 aliphatic rings. The maximum absolute atomic E-state index is 12.7. The van der Waals surface area contributed by atoms with Gasteiger partial charge in [-0.3, -0.25) is 9.79 Å². The predicted octanol–water partition coefficient (Wildman–Crippen LogP) is 2.09. The number of sulfone groups is 1. The van der Waals surface area contributed by atoms with Gasteiger partial charge in [-0.1, -0.05) is 25.1 Å². The van der Waals surface area contributed by atoms with Crippen molar-refractivity contribution in [1.29, 1.82) is 0 Å². The van der Waals surface area contributed by atoms with E-state index in [4.69, 9.17) is 4.74 Å². The van der Waals surface area contributed by atoms with Gasteiger partial charge in [-0.2, -0.15) is 0 Å². The van der Waals surface area contributed by atoms with Crippen LogP contribution in [0.1, 0.15) is 33.1 Å². The van der Waals surface area contributed by atoms with E-state index >= 15 is 0 Å². The molecule has 0 spiro atoms. The summed E-state index contributed by atoms with van der Waals surface area (Å²) in [5.74, 6) is 0.257. The summed E-state index contributed by atoms with van der Waals surface area (Å²) in [6, 6.07) is 8.21. The minimum atomic E-state index is -3.40. The normalized spacial score (nSPS) is 19.2. The zero-order chi connectivity index (χ0) is 20.6. The highest BCUT2D eigenvalue weighted by Crippen LogP contribution is 2.19. The Morgan fingerprint density at radius 1 is 1.32 bits per heavy atom. The van der Waals surface area contributed by atoms with Gasteiger partial charge in [0.2, 0.25) is 0 Å². The van der Waals surface area contributed by atoms with Crippen molar-refractivity contribution in [1.82, 2.24) is 10.2 Å². The van der Waals surface area contributed by atoms with Gasteiger partial charge in [-0.25, -0.2) is 8.42 Å². The summed E-state index contributed by atoms with van der Waals surface area (Å²) in [6.45, 7) is 5.43. The maximum Gasteiger partial charge on any atom is 0.310 e. The number of rotatable bonds is 7. The van der Waals surface area contributed by atoms with Crippen LogP contribution in [0.25, 0.3) is 0 Å². The minimum Gasteiger partial charge on any atom is -0.466 e. The Labute approximate surface area is 168 Å². The van der Waals surface area contributed by atoms with Gasteiger partial charge in [0, 0.05) is 26.2 Å². The van der Waals surface area contributed by atoms with Crippen LogP contribution in [0.15, 0.2) is 40.2 Å². The Hall–Kier alpha value is -2.09. The average molecular weight is 410 g/mol. The van der Waals surface area contributed by atoms with Crippen LogP contribution >= 0.6 is 0 Å². The van der Waals surface area contributed by atoms with E-state index in [1.807, 2.05) is 11.8 Å². The number of piperidine rings is 1. The van der Waals surface area contributed by atoms with Crippen molar-refractivity contribution < 1.29 is 17.9 Å². The zero-order valence-electron chi connectivity index (χ0n) is 16.9. The lowest BCUT2D eigenvalue weighted by Gasteiger charge is -2.35. The first-order valence-corrected chi connectivity index (χ1v) is 11.5. The smallest absolute Gasteiger partial charge is 0.310 e. The third kappa shape index (κ3) is 5.95. The fourth-order valence-corrected chi connectivity index (χ4v) is 4.97. The summed E-state index contributed by atoms with van der Waals surface area (Å²) >= 11 is 0. The van der Waals surface area contributed by atoms with E-state index in [1.54, 1.807) is 44.3 Å². The summed E-state index contributed by atoms with van der Waals surface area (Å²) in [5, 5.41) is 3.29. The summed E-state index contributed by atoms with van der Waals surface area (Å²) in [5.41, 5.74) is 0. The highest BCUT2D eigenvalue weighted by atomic mass is 32.2. The van der Waals surface area contributed by atoms with Crippen molar-refractivity contribution in [2.75, 3.05) is 32.5 Å². The molecule has 8 heteroatoms. The molecule has 1 aromatic carbocycles. The maximum atomic E-state index is 12.7. The second-order valence-corrected chi connectivity index (χ2v) is 8.96. The molecule has 156 valence electrons. The standard InChI is InChI=1S/C20H31N3O4S/c1-4-17(15-28(25,26)18-11-7-6-8-12-18)22-20(21-3)23-13-9-10-16(14-23)19(24)27-5-2/h6-8,11-12,16-17H,4-5,9-10,13-15H2,1-3H3,(H,21,22). The van der Waals surface area contributed by atoms with Crippen LogP contribution < -0.4 is 5.32 Å². The van der Waals surface area contributed by atoms with Crippen LogP contribution in [0.2, 0.25) is 0 Å². The van der Waals surface area contributed by atoms with Crippen molar-refractivity contribution in [3.05, 3.63) is 30.3 Å². The number of nitrogens with zero attached hydrogens (tertiary/aromatic N) is 2. The van der Waals surface area contributed by atoms with Gasteiger partial charge in [0.05, 0.1) is 23.2 Å². The molecule has 2 atom stereocenters. The molecule has 1 heterocycles. The SMILES string of the molecule is CCOC(=O)C1CCCN(C(=NC)NC(CC)CS(=O)(=O)c2ccccc2)C1. The largest absolute Gasteiger partial charge is 0.466 e. The molecule has 7 nitrogen and oxygen atoms in total. The van der Waals surface area contributed by atoms with Gasteiger partial charge in [0.1, 0.15) is 0 Å². The molecule has 1 N–H and O–H groups in total. The van der Waals surface area contributed by atoms with Crippen LogP contribution in [-0.2, 0) is 19.4 Å². The molecule has 28 heavy (non-hydrogen) atoms. The van der Waals surface area contributed by atoms with Gasteiger partial charge in [0.25, 0.3) is 0 Å². The van der Waals surface area contributed by atoms with Crippen molar-refractivity contribution >= 4 is 21.8 Å². The van der Waals surface area contributed by atoms with Crippen molar-refractivity contribution in [2.24, 2.45) is 10.9 Å². The number of carbonyl (C=O) groups is 1. The predicted molar refractivity (Wildman–Crippen MR) is 110 cm³/mol. The molecule has 1 fully saturated rings. The first-order valence-electron chi connectivity index (χ1n) is 9.84. The van der Waals surface area contributed by atoms with Crippen LogP contribution in [0.3, 0.4) is 0 Å². The number of carbonyl (C=O) groups excluding carboxylic acids is 1. The second kappa shape index (κ2) is 10.5. The van der Waals surface area contributed by atoms with Gasteiger partial charge in [0.15, 0.2) is 15.8 Å². The third-order valence-electron chi connectivity index (χ3n) is 4.90. The monoisotopic (exact) mass is 409 g/mol. The fourth-order valence-electron chi connectivity index (χ4n) is 3.35. The Kier molecular flexibility index (Phi) is 8.29. The van der Waals surface area contributed by atoms with Crippen LogP contribution in [0.5, 0.6) is 0 Å². The highest BCUT2D eigenvalue weighted by Gasteiger charge is 2.29. The van der Waals surface area contributed by atoms with Crippen molar-refractivity contribution in [3.63, 3.8) is 0 Å². The Morgan fingerprint density at radius 2 is 2.04 bits per heavy atom. The van der Waals surface area contributed by atoms with E-state index in [9.17, 15) is 13.2 Å². The summed E-state index contributed by atoms with van der Waals surface area (Å²) < 4.78 is 30.6. The first-order chi connectivity index (χ1) is 13.4. The molecule has 0 amide bonds. The average Bonchev–Trinajstić information content (AvgIpc) is 2.72. The Balaban J connectivity index is 2.04. The molecule has 0 saturated carbocycles. The van der Waals surface area contributed by atoms with Crippen molar-refractivity contribution in [3.8, 4) is 0 Å². The Morgan fingerprint density at radius 3 is 2.64 bits per heavy atom. The third-order valence-corrected chi connectivity index (χ3v) is 6.73.